The van der Waals surface area contributed by atoms with Crippen LogP contribution in [0.4, 0.5) is 4.39 Å². The highest BCUT2D eigenvalue weighted by atomic mass is 35.5. The summed E-state index contributed by atoms with van der Waals surface area (Å²) in [4.78, 5) is 0. The molecule has 0 nitrogen and oxygen atoms in total. The second-order valence-electron chi connectivity index (χ2n) is 8.71. The first-order chi connectivity index (χ1) is 12.7. The molecule has 0 saturated heterocycles. The molecule has 1 aromatic carbocycles. The highest BCUT2D eigenvalue weighted by Crippen LogP contribution is 2.43. The highest BCUT2D eigenvalue weighted by molar-refractivity contribution is 6.30. The number of halogens is 2. The molecule has 2 aliphatic rings. The predicted octanol–water partition coefficient (Wildman–Crippen LogP) is 7.99. The SMILES string of the molecule is C=CCC[C@H]1CC[C@H]([C@H]2CC[C@H](CCc3ccc(Cl)c(F)c3)CC2)CC1. The van der Waals surface area contributed by atoms with Crippen LogP contribution in [-0.2, 0) is 6.42 Å². The lowest BCUT2D eigenvalue weighted by Gasteiger charge is -2.38. The average molecular weight is 377 g/mol. The lowest BCUT2D eigenvalue weighted by atomic mass is 9.68. The molecular formula is C24H34ClF. The number of hydrogen-bond acceptors (Lipinski definition) is 0. The molecule has 1 aromatic rings. The van der Waals surface area contributed by atoms with Gasteiger partial charge in [0.1, 0.15) is 5.82 Å². The van der Waals surface area contributed by atoms with E-state index in [-0.39, 0.29) is 10.8 Å². The predicted molar refractivity (Wildman–Crippen MR) is 110 cm³/mol. The van der Waals surface area contributed by atoms with Crippen LogP contribution in [-0.4, -0.2) is 0 Å². The van der Waals surface area contributed by atoms with Gasteiger partial charge in [-0.25, -0.2) is 4.39 Å². The largest absolute Gasteiger partial charge is 0.205 e. The Kier molecular flexibility index (Phi) is 7.61. The van der Waals surface area contributed by atoms with Crippen LogP contribution in [0.25, 0.3) is 0 Å². The van der Waals surface area contributed by atoms with E-state index in [1.807, 2.05) is 6.07 Å². The number of hydrogen-bond donors (Lipinski definition) is 0. The van der Waals surface area contributed by atoms with Gasteiger partial charge in [0.2, 0.25) is 0 Å². The second-order valence-corrected chi connectivity index (χ2v) is 9.12. The first-order valence-electron chi connectivity index (χ1n) is 10.7. The number of rotatable bonds is 7. The van der Waals surface area contributed by atoms with E-state index in [2.05, 4.69) is 12.7 Å². The monoisotopic (exact) mass is 376 g/mol. The average Bonchev–Trinajstić information content (AvgIpc) is 2.68. The van der Waals surface area contributed by atoms with E-state index in [0.29, 0.717) is 0 Å². The minimum Gasteiger partial charge on any atom is -0.205 e. The van der Waals surface area contributed by atoms with Crippen molar-refractivity contribution < 1.29 is 4.39 Å². The first kappa shape index (κ1) is 19.9. The Bertz CT molecular complexity index is 566. The first-order valence-corrected chi connectivity index (χ1v) is 11.1. The summed E-state index contributed by atoms with van der Waals surface area (Å²) in [5.41, 5.74) is 1.09. The third-order valence-electron chi connectivity index (χ3n) is 7.05. The van der Waals surface area contributed by atoms with Gasteiger partial charge in [0.05, 0.1) is 5.02 Å². The fourth-order valence-corrected chi connectivity index (χ4v) is 5.43. The van der Waals surface area contributed by atoms with Gasteiger partial charge in [0.15, 0.2) is 0 Å². The Morgan fingerprint density at radius 1 is 0.923 bits per heavy atom. The molecule has 2 saturated carbocycles. The maximum atomic E-state index is 13.6. The zero-order valence-electron chi connectivity index (χ0n) is 16.1. The summed E-state index contributed by atoms with van der Waals surface area (Å²) in [6.45, 7) is 3.86. The quantitative estimate of drug-likeness (QED) is 0.423. The van der Waals surface area contributed by atoms with Gasteiger partial charge in [-0.1, -0.05) is 49.4 Å². The van der Waals surface area contributed by atoms with Crippen molar-refractivity contribution in [3.8, 4) is 0 Å². The van der Waals surface area contributed by atoms with E-state index in [1.165, 1.54) is 70.6 Å². The number of aryl methyl sites for hydroxylation is 1. The minimum absolute atomic E-state index is 0.230. The molecule has 3 rings (SSSR count). The van der Waals surface area contributed by atoms with Crippen molar-refractivity contribution in [1.82, 2.24) is 0 Å². The fourth-order valence-electron chi connectivity index (χ4n) is 5.32. The smallest absolute Gasteiger partial charge is 0.142 e. The summed E-state index contributed by atoms with van der Waals surface area (Å²) in [6.07, 6.45) is 18.2. The lowest BCUT2D eigenvalue weighted by Crippen LogP contribution is -2.26. The molecule has 0 atom stereocenters. The molecule has 0 spiro atoms. The third kappa shape index (κ3) is 5.59. The summed E-state index contributed by atoms with van der Waals surface area (Å²) < 4.78 is 13.6. The number of allylic oxidation sites excluding steroid dienone is 1. The van der Waals surface area contributed by atoms with E-state index in [9.17, 15) is 4.39 Å². The molecule has 0 radical (unpaired) electrons. The lowest BCUT2D eigenvalue weighted by molar-refractivity contribution is 0.141. The Hall–Kier alpha value is -0.820. The molecule has 0 bridgehead atoms. The molecule has 0 amide bonds. The van der Waals surface area contributed by atoms with E-state index < -0.39 is 0 Å². The normalized spacial score (nSPS) is 29.5. The van der Waals surface area contributed by atoms with E-state index in [0.717, 1.165) is 35.7 Å². The van der Waals surface area contributed by atoms with Crippen LogP contribution in [0, 0.1) is 29.5 Å². The number of benzene rings is 1. The zero-order chi connectivity index (χ0) is 18.4. The molecule has 0 N–H and O–H groups in total. The molecule has 0 unspecified atom stereocenters. The van der Waals surface area contributed by atoms with Gasteiger partial charge >= 0.3 is 0 Å². The van der Waals surface area contributed by atoms with Gasteiger partial charge < -0.3 is 0 Å². The second kappa shape index (κ2) is 9.93. The molecule has 2 aliphatic carbocycles. The van der Waals surface area contributed by atoms with Crippen LogP contribution in [0.15, 0.2) is 30.9 Å². The van der Waals surface area contributed by atoms with Crippen LogP contribution < -0.4 is 0 Å². The van der Waals surface area contributed by atoms with Gasteiger partial charge in [-0.05, 0) is 92.7 Å². The molecule has 144 valence electrons. The van der Waals surface area contributed by atoms with Gasteiger partial charge in [-0.2, -0.15) is 0 Å². The molecule has 26 heavy (non-hydrogen) atoms. The van der Waals surface area contributed by atoms with E-state index in [1.54, 1.807) is 12.1 Å². The van der Waals surface area contributed by atoms with Crippen LogP contribution in [0.2, 0.25) is 5.02 Å². The Morgan fingerprint density at radius 2 is 1.50 bits per heavy atom. The standard InChI is InChI=1S/C24H34ClF/c1-2-3-4-18-7-12-21(13-8-18)22-14-9-19(10-15-22)5-6-20-11-16-23(25)24(26)17-20/h2,11,16-19,21-22H,1,3-10,12-15H2/t18-,19-,21-,22-. The summed E-state index contributed by atoms with van der Waals surface area (Å²) in [7, 11) is 0. The van der Waals surface area contributed by atoms with Gasteiger partial charge in [0, 0.05) is 0 Å². The molecule has 0 aromatic heterocycles. The van der Waals surface area contributed by atoms with Crippen molar-refractivity contribution in [3.63, 3.8) is 0 Å². The summed E-state index contributed by atoms with van der Waals surface area (Å²) >= 11 is 5.77. The molecule has 0 aliphatic heterocycles. The topological polar surface area (TPSA) is 0 Å². The summed E-state index contributed by atoms with van der Waals surface area (Å²) in [5.74, 6) is 3.46. The fraction of sp³-hybridized carbons (Fsp3) is 0.667. The Balaban J connectivity index is 1.36. The zero-order valence-corrected chi connectivity index (χ0v) is 16.8. The maximum Gasteiger partial charge on any atom is 0.142 e. The molecule has 2 heteroatoms. The Morgan fingerprint density at radius 3 is 2.04 bits per heavy atom. The minimum atomic E-state index is -0.281. The molecular weight excluding hydrogens is 343 g/mol. The van der Waals surface area contributed by atoms with Gasteiger partial charge in [0.25, 0.3) is 0 Å². The van der Waals surface area contributed by atoms with Crippen molar-refractivity contribution in [2.75, 3.05) is 0 Å². The Labute approximate surface area is 164 Å². The highest BCUT2D eigenvalue weighted by Gasteiger charge is 2.30. The van der Waals surface area contributed by atoms with Crippen LogP contribution in [0.5, 0.6) is 0 Å². The van der Waals surface area contributed by atoms with Crippen molar-refractivity contribution >= 4 is 11.6 Å². The van der Waals surface area contributed by atoms with Crippen molar-refractivity contribution in [1.29, 1.82) is 0 Å². The maximum absolute atomic E-state index is 13.6. The third-order valence-corrected chi connectivity index (χ3v) is 7.36. The van der Waals surface area contributed by atoms with Crippen LogP contribution in [0.3, 0.4) is 0 Å². The van der Waals surface area contributed by atoms with Crippen LogP contribution >= 0.6 is 11.6 Å². The van der Waals surface area contributed by atoms with Crippen molar-refractivity contribution in [2.45, 2.75) is 77.0 Å². The van der Waals surface area contributed by atoms with Crippen molar-refractivity contribution in [2.24, 2.45) is 23.7 Å². The molecule has 0 heterocycles. The van der Waals surface area contributed by atoms with E-state index in [4.69, 9.17) is 11.6 Å². The van der Waals surface area contributed by atoms with Gasteiger partial charge in [-0.3, -0.25) is 0 Å². The summed E-state index contributed by atoms with van der Waals surface area (Å²) in [6, 6.07) is 5.27. The summed E-state index contributed by atoms with van der Waals surface area (Å²) in [5, 5.41) is 0.230. The van der Waals surface area contributed by atoms with Crippen LogP contribution in [0.1, 0.15) is 76.2 Å². The van der Waals surface area contributed by atoms with Crippen molar-refractivity contribution in [3.05, 3.63) is 47.3 Å². The van der Waals surface area contributed by atoms with Gasteiger partial charge in [-0.15, -0.1) is 6.58 Å². The van der Waals surface area contributed by atoms with E-state index >= 15 is 0 Å². The molecule has 2 fully saturated rings.